The van der Waals surface area contributed by atoms with E-state index in [9.17, 15) is 13.2 Å². The van der Waals surface area contributed by atoms with Crippen molar-refractivity contribution < 1.29 is 13.2 Å². The number of benzene rings is 2. The lowest BCUT2D eigenvalue weighted by molar-refractivity contribution is 0.0690. The molecule has 3 rings (SSSR count). The minimum atomic E-state index is -3.40. The molecule has 1 amide bonds. The van der Waals surface area contributed by atoms with Crippen LogP contribution in [0.4, 0.5) is 5.69 Å². The number of sulfonamides is 1. The Morgan fingerprint density at radius 1 is 1.14 bits per heavy atom. The lowest BCUT2D eigenvalue weighted by Crippen LogP contribution is -2.39. The molecule has 1 fully saturated rings. The molecule has 28 heavy (non-hydrogen) atoms. The summed E-state index contributed by atoms with van der Waals surface area (Å²) >= 11 is 6.30. The van der Waals surface area contributed by atoms with Gasteiger partial charge in [0.15, 0.2) is 0 Å². The first-order valence-electron chi connectivity index (χ1n) is 9.44. The predicted octanol–water partition coefficient (Wildman–Crippen LogP) is 4.32. The maximum Gasteiger partial charge on any atom is 0.254 e. The maximum atomic E-state index is 13.2. The molecule has 150 valence electrons. The van der Waals surface area contributed by atoms with Gasteiger partial charge >= 0.3 is 0 Å². The molecule has 1 saturated heterocycles. The summed E-state index contributed by atoms with van der Waals surface area (Å²) in [5, 5.41) is 0.334. The molecule has 7 heteroatoms. The van der Waals surface area contributed by atoms with Crippen molar-refractivity contribution in [2.45, 2.75) is 39.3 Å². The third-order valence-electron chi connectivity index (χ3n) is 4.89. The summed E-state index contributed by atoms with van der Waals surface area (Å²) in [5.41, 5.74) is 1.86. The highest BCUT2D eigenvalue weighted by Crippen LogP contribution is 2.32. The molecule has 0 aliphatic carbocycles. The predicted molar refractivity (Wildman–Crippen MR) is 113 cm³/mol. The maximum absolute atomic E-state index is 13.2. The van der Waals surface area contributed by atoms with E-state index in [1.54, 1.807) is 23.1 Å². The van der Waals surface area contributed by atoms with Crippen LogP contribution in [0.25, 0.3) is 0 Å². The van der Waals surface area contributed by atoms with Crippen LogP contribution in [0.2, 0.25) is 5.02 Å². The minimum absolute atomic E-state index is 0.00875. The van der Waals surface area contributed by atoms with Crippen LogP contribution in [0, 0.1) is 0 Å². The summed E-state index contributed by atoms with van der Waals surface area (Å²) in [6.07, 6.45) is 1.42. The van der Waals surface area contributed by atoms with Gasteiger partial charge in [-0.1, -0.05) is 41.9 Å². The van der Waals surface area contributed by atoms with Crippen molar-refractivity contribution in [2.75, 3.05) is 16.6 Å². The summed E-state index contributed by atoms with van der Waals surface area (Å²) in [4.78, 5) is 15.0. The largest absolute Gasteiger partial charge is 0.332 e. The third kappa shape index (κ3) is 4.50. The molecule has 0 N–H and O–H groups in total. The average molecular weight is 421 g/mol. The van der Waals surface area contributed by atoms with Crippen molar-refractivity contribution in [3.05, 3.63) is 64.7 Å². The number of halogens is 1. The fraction of sp³-hybridized carbons (Fsp3) is 0.381. The van der Waals surface area contributed by atoms with Gasteiger partial charge in [-0.15, -0.1) is 0 Å². The van der Waals surface area contributed by atoms with E-state index in [0.717, 1.165) is 12.0 Å². The highest BCUT2D eigenvalue weighted by atomic mass is 35.5. The van der Waals surface area contributed by atoms with Crippen LogP contribution in [0.1, 0.15) is 42.6 Å². The molecular weight excluding hydrogens is 396 g/mol. The molecule has 2 aromatic rings. The molecule has 2 aromatic carbocycles. The number of carbonyl (C=O) groups is 1. The van der Waals surface area contributed by atoms with Crippen LogP contribution in [0.3, 0.4) is 0 Å². The molecule has 1 aliphatic rings. The highest BCUT2D eigenvalue weighted by Gasteiger charge is 2.29. The second-order valence-electron chi connectivity index (χ2n) is 7.27. The first-order chi connectivity index (χ1) is 13.3. The van der Waals surface area contributed by atoms with E-state index in [0.29, 0.717) is 35.8 Å². The molecule has 5 nitrogen and oxygen atoms in total. The first kappa shape index (κ1) is 20.7. The van der Waals surface area contributed by atoms with Crippen molar-refractivity contribution in [2.24, 2.45) is 0 Å². The zero-order valence-corrected chi connectivity index (χ0v) is 17.7. The van der Waals surface area contributed by atoms with Crippen LogP contribution in [0.15, 0.2) is 48.5 Å². The van der Waals surface area contributed by atoms with E-state index < -0.39 is 10.0 Å². The quantitative estimate of drug-likeness (QED) is 0.723. The first-order valence-corrected chi connectivity index (χ1v) is 11.4. The van der Waals surface area contributed by atoms with Gasteiger partial charge in [-0.2, -0.15) is 0 Å². The summed E-state index contributed by atoms with van der Waals surface area (Å²) in [7, 11) is -3.40. The van der Waals surface area contributed by atoms with Crippen LogP contribution < -0.4 is 4.31 Å². The van der Waals surface area contributed by atoms with E-state index in [2.05, 4.69) is 0 Å². The number of hydrogen-bond acceptors (Lipinski definition) is 3. The van der Waals surface area contributed by atoms with E-state index in [-0.39, 0.29) is 17.7 Å². The molecule has 0 saturated carbocycles. The number of amides is 1. The van der Waals surface area contributed by atoms with Gasteiger partial charge in [-0.25, -0.2) is 8.42 Å². The lowest BCUT2D eigenvalue weighted by Gasteiger charge is -2.30. The van der Waals surface area contributed by atoms with Crippen LogP contribution in [-0.4, -0.2) is 37.6 Å². The number of hydrogen-bond donors (Lipinski definition) is 0. The van der Waals surface area contributed by atoms with Crippen molar-refractivity contribution in [1.82, 2.24) is 4.90 Å². The van der Waals surface area contributed by atoms with Gasteiger partial charge in [-0.05, 0) is 50.5 Å². The fourth-order valence-corrected chi connectivity index (χ4v) is 5.25. The molecule has 0 unspecified atom stereocenters. The van der Waals surface area contributed by atoms with Gasteiger partial charge < -0.3 is 4.90 Å². The number of nitrogens with zero attached hydrogens (tertiary/aromatic N) is 2. The topological polar surface area (TPSA) is 57.7 Å². The molecule has 0 spiro atoms. The second-order valence-corrected chi connectivity index (χ2v) is 9.69. The standard InChI is InChI=1S/C21H25ClN2O3S/c1-16(2)23(15-17-8-4-3-5-9-17)21(25)18-10-11-19(22)20(14-18)24-12-6-7-13-28(24,26)27/h3-5,8-11,14,16H,6-7,12-13,15H2,1-2H3. The Bertz CT molecular complexity index is 945. The lowest BCUT2D eigenvalue weighted by atomic mass is 10.1. The second kappa shape index (κ2) is 8.53. The normalized spacial score (nSPS) is 16.2. The zero-order valence-electron chi connectivity index (χ0n) is 16.1. The Hall–Kier alpha value is -2.05. The van der Waals surface area contributed by atoms with Crippen molar-refractivity contribution in [3.63, 3.8) is 0 Å². The van der Waals surface area contributed by atoms with Gasteiger partial charge in [0.25, 0.3) is 5.91 Å². The third-order valence-corrected chi connectivity index (χ3v) is 7.07. The Morgan fingerprint density at radius 3 is 2.50 bits per heavy atom. The smallest absolute Gasteiger partial charge is 0.254 e. The zero-order chi connectivity index (χ0) is 20.3. The molecule has 1 heterocycles. The van der Waals surface area contributed by atoms with E-state index in [4.69, 9.17) is 11.6 Å². The molecule has 1 aliphatic heterocycles. The average Bonchev–Trinajstić information content (AvgIpc) is 2.66. The van der Waals surface area contributed by atoms with Gasteiger partial charge in [0.1, 0.15) is 0 Å². The summed E-state index contributed by atoms with van der Waals surface area (Å²) < 4.78 is 26.3. The molecule has 0 bridgehead atoms. The van der Waals surface area contributed by atoms with Crippen LogP contribution in [-0.2, 0) is 16.6 Å². The van der Waals surface area contributed by atoms with Gasteiger partial charge in [0.2, 0.25) is 10.0 Å². The summed E-state index contributed by atoms with van der Waals surface area (Å²) in [6, 6.07) is 14.7. The Kier molecular flexibility index (Phi) is 6.30. The SMILES string of the molecule is CC(C)N(Cc1ccccc1)C(=O)c1ccc(Cl)c(N2CCCCS2(=O)=O)c1. The Balaban J connectivity index is 1.92. The molecule has 0 aromatic heterocycles. The van der Waals surface area contributed by atoms with Gasteiger partial charge in [0.05, 0.1) is 16.5 Å². The Labute approximate surface area is 172 Å². The van der Waals surface area contributed by atoms with Crippen LogP contribution in [0.5, 0.6) is 0 Å². The highest BCUT2D eigenvalue weighted by molar-refractivity contribution is 7.92. The summed E-state index contributed by atoms with van der Waals surface area (Å²) in [5.74, 6) is -0.0423. The van der Waals surface area contributed by atoms with Crippen molar-refractivity contribution in [3.8, 4) is 0 Å². The fourth-order valence-electron chi connectivity index (χ4n) is 3.33. The van der Waals surface area contributed by atoms with Crippen molar-refractivity contribution >= 4 is 33.2 Å². The van der Waals surface area contributed by atoms with Gasteiger partial charge in [0, 0.05) is 24.7 Å². The molecular formula is C21H25ClN2O3S. The van der Waals surface area contributed by atoms with E-state index >= 15 is 0 Å². The Morgan fingerprint density at radius 2 is 1.86 bits per heavy atom. The number of rotatable bonds is 5. The molecule has 0 radical (unpaired) electrons. The monoisotopic (exact) mass is 420 g/mol. The van der Waals surface area contributed by atoms with Crippen molar-refractivity contribution in [1.29, 1.82) is 0 Å². The van der Waals surface area contributed by atoms with Gasteiger partial charge in [-0.3, -0.25) is 9.10 Å². The van der Waals surface area contributed by atoms with E-state index in [1.165, 1.54) is 4.31 Å². The number of carbonyl (C=O) groups excluding carboxylic acids is 1. The summed E-state index contributed by atoms with van der Waals surface area (Å²) in [6.45, 7) is 4.80. The number of anilines is 1. The van der Waals surface area contributed by atoms with E-state index in [1.807, 2.05) is 44.2 Å². The minimum Gasteiger partial charge on any atom is -0.332 e. The van der Waals surface area contributed by atoms with Crippen LogP contribution >= 0.6 is 11.6 Å². The molecule has 0 atom stereocenters.